The fourth-order valence-corrected chi connectivity index (χ4v) is 2.27. The summed E-state index contributed by atoms with van der Waals surface area (Å²) < 4.78 is 5.56. The number of ether oxygens (including phenoxy) is 1. The minimum atomic E-state index is -0.321. The van der Waals surface area contributed by atoms with Crippen molar-refractivity contribution >= 4 is 28.6 Å². The van der Waals surface area contributed by atoms with E-state index in [0.717, 1.165) is 21.1 Å². The van der Waals surface area contributed by atoms with E-state index in [1.165, 1.54) is 7.11 Å². The maximum Gasteiger partial charge on any atom is 0.310 e. The van der Waals surface area contributed by atoms with Crippen molar-refractivity contribution < 1.29 is 9.53 Å². The van der Waals surface area contributed by atoms with Crippen molar-refractivity contribution in [2.24, 2.45) is 0 Å². The Bertz CT molecular complexity index is 449. The van der Waals surface area contributed by atoms with Crippen molar-refractivity contribution in [3.8, 4) is 6.07 Å². The molecule has 0 saturated heterocycles. The van der Waals surface area contributed by atoms with Gasteiger partial charge in [0, 0.05) is 3.57 Å². The maximum atomic E-state index is 11.2. The molecule has 0 aromatic heterocycles. The van der Waals surface area contributed by atoms with Crippen LogP contribution in [0.25, 0.3) is 0 Å². The molecule has 84 valence electrons. The molecule has 0 radical (unpaired) electrons. The Morgan fingerprint density at radius 2 is 2.25 bits per heavy atom. The zero-order valence-corrected chi connectivity index (χ0v) is 11.4. The number of carbonyl (C=O) groups excluding carboxylic acids is 1. The fourth-order valence-electron chi connectivity index (χ4n) is 1.39. The van der Waals surface area contributed by atoms with E-state index in [2.05, 4.69) is 33.4 Å². The van der Waals surface area contributed by atoms with Crippen molar-refractivity contribution in [1.29, 1.82) is 5.26 Å². The van der Waals surface area contributed by atoms with Crippen LogP contribution in [-0.2, 0) is 22.4 Å². The van der Waals surface area contributed by atoms with Gasteiger partial charge in [0.15, 0.2) is 0 Å². The number of benzene rings is 1. The lowest BCUT2D eigenvalue weighted by Crippen LogP contribution is -2.08. The molecule has 4 heteroatoms. The lowest BCUT2D eigenvalue weighted by atomic mass is 10.0. The van der Waals surface area contributed by atoms with Gasteiger partial charge in [-0.2, -0.15) is 5.26 Å². The van der Waals surface area contributed by atoms with Crippen LogP contribution in [0.1, 0.15) is 23.6 Å². The molecule has 0 aliphatic carbocycles. The Morgan fingerprint density at radius 3 is 2.75 bits per heavy atom. The summed E-state index contributed by atoms with van der Waals surface area (Å²) in [6, 6.07) is 5.96. The molecule has 1 aromatic carbocycles. The van der Waals surface area contributed by atoms with E-state index in [9.17, 15) is 4.79 Å². The third-order valence-corrected chi connectivity index (χ3v) is 3.30. The highest BCUT2D eigenvalue weighted by Crippen LogP contribution is 2.20. The normalized spacial score (nSPS) is 9.62. The van der Waals surface area contributed by atoms with Gasteiger partial charge in [0.05, 0.1) is 25.2 Å². The third kappa shape index (κ3) is 2.95. The molecular formula is C12H12INO2. The minimum absolute atomic E-state index is 0.154. The summed E-state index contributed by atoms with van der Waals surface area (Å²) in [6.07, 6.45) is 1.03. The van der Waals surface area contributed by atoms with Gasteiger partial charge in [-0.1, -0.05) is 6.92 Å². The molecule has 1 rings (SSSR count). The second-order valence-corrected chi connectivity index (χ2v) is 4.48. The highest BCUT2D eigenvalue weighted by molar-refractivity contribution is 14.1. The molecule has 1 aromatic rings. The molecule has 0 saturated carbocycles. The number of halogens is 1. The molecule has 0 bridgehead atoms. The summed E-state index contributed by atoms with van der Waals surface area (Å²) in [5.74, 6) is -0.321. The van der Waals surface area contributed by atoms with Crippen molar-refractivity contribution in [3.63, 3.8) is 0 Å². The first-order valence-electron chi connectivity index (χ1n) is 4.90. The molecule has 0 aliphatic heterocycles. The van der Waals surface area contributed by atoms with Gasteiger partial charge >= 0.3 is 5.97 Å². The third-order valence-electron chi connectivity index (χ3n) is 2.33. The van der Waals surface area contributed by atoms with Crippen LogP contribution in [0, 0.1) is 14.9 Å². The molecule has 0 atom stereocenters. The van der Waals surface area contributed by atoms with Gasteiger partial charge < -0.3 is 4.74 Å². The number of esters is 1. The molecule has 0 N–H and O–H groups in total. The van der Waals surface area contributed by atoms with Crippen molar-refractivity contribution in [1.82, 2.24) is 0 Å². The molecule has 3 nitrogen and oxygen atoms in total. The van der Waals surface area contributed by atoms with Crippen LogP contribution in [0.15, 0.2) is 12.1 Å². The van der Waals surface area contributed by atoms with Gasteiger partial charge in [0.2, 0.25) is 0 Å². The Balaban J connectivity index is 3.18. The van der Waals surface area contributed by atoms with Crippen molar-refractivity contribution in [2.75, 3.05) is 7.11 Å². The maximum absolute atomic E-state index is 11.2. The molecule has 16 heavy (non-hydrogen) atoms. The van der Waals surface area contributed by atoms with Gasteiger partial charge in [0.1, 0.15) is 0 Å². The first kappa shape index (κ1) is 13.0. The number of nitrogens with zero attached hydrogens (tertiary/aromatic N) is 1. The first-order chi connectivity index (χ1) is 7.62. The molecule has 0 spiro atoms. The highest BCUT2D eigenvalue weighted by atomic mass is 127. The molecule has 0 fully saturated rings. The Hall–Kier alpha value is -1.09. The number of aryl methyl sites for hydroxylation is 1. The van der Waals surface area contributed by atoms with Crippen molar-refractivity contribution in [3.05, 3.63) is 32.4 Å². The lowest BCUT2D eigenvalue weighted by molar-refractivity contribution is -0.139. The van der Waals surface area contributed by atoms with Crippen LogP contribution in [0.4, 0.5) is 0 Å². The van der Waals surface area contributed by atoms with E-state index in [1.807, 2.05) is 19.1 Å². The predicted molar refractivity (Wildman–Crippen MR) is 69.0 cm³/mol. The molecular weight excluding hydrogens is 317 g/mol. The SMILES string of the molecule is CCc1cc(I)c(CC(=O)OC)c(C#N)c1. The zero-order chi connectivity index (χ0) is 12.1. The largest absolute Gasteiger partial charge is 0.469 e. The van der Waals surface area contributed by atoms with Gasteiger partial charge in [0.25, 0.3) is 0 Å². The second-order valence-electron chi connectivity index (χ2n) is 3.32. The van der Waals surface area contributed by atoms with Gasteiger partial charge in [-0.3, -0.25) is 4.79 Å². The highest BCUT2D eigenvalue weighted by Gasteiger charge is 2.12. The zero-order valence-electron chi connectivity index (χ0n) is 9.21. The number of hydrogen-bond acceptors (Lipinski definition) is 3. The number of methoxy groups -OCH3 is 1. The van der Waals surface area contributed by atoms with Crippen LogP contribution in [-0.4, -0.2) is 13.1 Å². The molecule has 0 unspecified atom stereocenters. The number of hydrogen-bond donors (Lipinski definition) is 0. The Kier molecular flexibility index (Phi) is 4.74. The summed E-state index contributed by atoms with van der Waals surface area (Å²) in [5, 5.41) is 9.04. The smallest absolute Gasteiger partial charge is 0.310 e. The van der Waals surface area contributed by atoms with E-state index in [4.69, 9.17) is 5.26 Å². The van der Waals surface area contributed by atoms with Gasteiger partial charge in [-0.25, -0.2) is 0 Å². The van der Waals surface area contributed by atoms with E-state index >= 15 is 0 Å². The summed E-state index contributed by atoms with van der Waals surface area (Å²) in [5.41, 5.74) is 2.43. The average molecular weight is 329 g/mol. The topological polar surface area (TPSA) is 50.1 Å². The molecule has 0 aliphatic rings. The van der Waals surface area contributed by atoms with Crippen molar-refractivity contribution in [2.45, 2.75) is 19.8 Å². The average Bonchev–Trinajstić information content (AvgIpc) is 2.30. The minimum Gasteiger partial charge on any atom is -0.469 e. The summed E-state index contributed by atoms with van der Waals surface area (Å²) in [7, 11) is 1.35. The fraction of sp³-hybridized carbons (Fsp3) is 0.333. The van der Waals surface area contributed by atoms with E-state index < -0.39 is 0 Å². The van der Waals surface area contributed by atoms with E-state index in [0.29, 0.717) is 5.56 Å². The lowest BCUT2D eigenvalue weighted by Gasteiger charge is -2.08. The van der Waals surface area contributed by atoms with Crippen LogP contribution in [0.2, 0.25) is 0 Å². The standard InChI is InChI=1S/C12H12INO2/c1-3-8-4-9(7-14)10(11(13)5-8)6-12(15)16-2/h4-5H,3,6H2,1-2H3. The first-order valence-corrected chi connectivity index (χ1v) is 5.98. The number of nitriles is 1. The molecule has 0 amide bonds. The monoisotopic (exact) mass is 329 g/mol. The Labute approximate surface area is 109 Å². The quantitative estimate of drug-likeness (QED) is 0.632. The summed E-state index contributed by atoms with van der Waals surface area (Å²) in [4.78, 5) is 11.2. The van der Waals surface area contributed by atoms with Gasteiger partial charge in [-0.15, -0.1) is 0 Å². The number of carbonyl (C=O) groups is 1. The van der Waals surface area contributed by atoms with E-state index in [-0.39, 0.29) is 12.4 Å². The van der Waals surface area contributed by atoms with Crippen LogP contribution in [0.3, 0.4) is 0 Å². The second kappa shape index (κ2) is 5.85. The Morgan fingerprint density at radius 1 is 1.56 bits per heavy atom. The molecule has 0 heterocycles. The van der Waals surface area contributed by atoms with Gasteiger partial charge in [-0.05, 0) is 52.3 Å². The van der Waals surface area contributed by atoms with E-state index in [1.54, 1.807) is 0 Å². The summed E-state index contributed by atoms with van der Waals surface area (Å²) in [6.45, 7) is 2.03. The van der Waals surface area contributed by atoms with Crippen LogP contribution < -0.4 is 0 Å². The van der Waals surface area contributed by atoms with Crippen LogP contribution >= 0.6 is 22.6 Å². The number of rotatable bonds is 3. The van der Waals surface area contributed by atoms with Crippen LogP contribution in [0.5, 0.6) is 0 Å². The predicted octanol–water partition coefficient (Wildman–Crippen LogP) is 2.44. The summed E-state index contributed by atoms with van der Waals surface area (Å²) >= 11 is 2.15.